The Labute approximate surface area is 133 Å². The van der Waals surface area contributed by atoms with Crippen molar-refractivity contribution in [3.8, 4) is 0 Å². The van der Waals surface area contributed by atoms with Gasteiger partial charge in [-0.3, -0.25) is 9.69 Å². The number of amides is 1. The molecule has 0 saturated carbocycles. The number of anilines is 1. The van der Waals surface area contributed by atoms with Gasteiger partial charge in [-0.2, -0.15) is 0 Å². The number of likely N-dealkylation sites (N-methyl/N-ethyl adjacent to an activating group) is 2. The summed E-state index contributed by atoms with van der Waals surface area (Å²) in [5.41, 5.74) is 3.48. The smallest absolute Gasteiger partial charge is 0.241 e. The fourth-order valence-corrected chi connectivity index (χ4v) is 2.56. The van der Waals surface area contributed by atoms with Crippen molar-refractivity contribution in [2.24, 2.45) is 0 Å². The van der Waals surface area contributed by atoms with Gasteiger partial charge in [0.05, 0.1) is 6.54 Å². The number of hydrogen-bond acceptors (Lipinski definition) is 2. The number of benzene rings is 2. The molecule has 0 fully saturated rings. The van der Waals surface area contributed by atoms with Crippen LogP contribution in [0.1, 0.15) is 18.1 Å². The Balaban J connectivity index is 2.00. The van der Waals surface area contributed by atoms with Crippen molar-refractivity contribution in [3.63, 3.8) is 0 Å². The highest BCUT2D eigenvalue weighted by atomic mass is 16.2. The summed E-state index contributed by atoms with van der Waals surface area (Å²) in [5.74, 6) is 0.129. The van der Waals surface area contributed by atoms with Crippen molar-refractivity contribution < 1.29 is 4.79 Å². The molecule has 0 spiro atoms. The molecule has 22 heavy (non-hydrogen) atoms. The van der Waals surface area contributed by atoms with Gasteiger partial charge in [0.15, 0.2) is 0 Å². The minimum atomic E-state index is 0.129. The molecule has 116 valence electrons. The summed E-state index contributed by atoms with van der Waals surface area (Å²) in [6, 6.07) is 18.1. The molecule has 2 aromatic carbocycles. The van der Waals surface area contributed by atoms with Crippen LogP contribution >= 0.6 is 0 Å². The molecule has 0 unspecified atom stereocenters. The second-order valence-electron chi connectivity index (χ2n) is 5.57. The highest BCUT2D eigenvalue weighted by molar-refractivity contribution is 5.94. The summed E-state index contributed by atoms with van der Waals surface area (Å²) in [6.45, 7) is 5.99. The molecule has 2 rings (SSSR count). The predicted molar refractivity (Wildman–Crippen MR) is 92.0 cm³/mol. The van der Waals surface area contributed by atoms with E-state index in [1.165, 1.54) is 11.1 Å². The molecule has 0 N–H and O–H groups in total. The largest absolute Gasteiger partial charge is 0.312 e. The van der Waals surface area contributed by atoms with Crippen LogP contribution in [0.4, 0.5) is 5.69 Å². The van der Waals surface area contributed by atoms with E-state index in [0.717, 1.165) is 12.2 Å². The number of rotatable bonds is 6. The van der Waals surface area contributed by atoms with Crippen molar-refractivity contribution in [1.29, 1.82) is 0 Å². The van der Waals surface area contributed by atoms with E-state index >= 15 is 0 Å². The molecule has 1 amide bonds. The third kappa shape index (κ3) is 4.18. The standard InChI is InChI=1S/C19H24N2O/c1-4-21(18-12-6-5-7-13-18)19(22)15-20(3)14-17-11-9-8-10-16(17)2/h5-13H,4,14-15H2,1-3H3. The normalized spacial score (nSPS) is 10.7. The Bertz CT molecular complexity index is 610. The molecular weight excluding hydrogens is 272 g/mol. The Morgan fingerprint density at radius 1 is 1.00 bits per heavy atom. The molecule has 0 aliphatic rings. The predicted octanol–water partition coefficient (Wildman–Crippen LogP) is 3.48. The molecule has 0 bridgehead atoms. The highest BCUT2D eigenvalue weighted by Gasteiger charge is 2.16. The first-order valence-electron chi connectivity index (χ1n) is 7.70. The van der Waals surface area contributed by atoms with Crippen molar-refractivity contribution >= 4 is 11.6 Å². The quantitative estimate of drug-likeness (QED) is 0.815. The third-order valence-corrected chi connectivity index (χ3v) is 3.79. The zero-order valence-electron chi connectivity index (χ0n) is 13.6. The van der Waals surface area contributed by atoms with Gasteiger partial charge in [0.2, 0.25) is 5.91 Å². The van der Waals surface area contributed by atoms with Gasteiger partial charge in [-0.15, -0.1) is 0 Å². The molecule has 0 radical (unpaired) electrons. The van der Waals surface area contributed by atoms with Crippen molar-refractivity contribution in [2.75, 3.05) is 25.0 Å². The first-order valence-corrected chi connectivity index (χ1v) is 7.70. The number of para-hydroxylation sites is 1. The van der Waals surface area contributed by atoms with Gasteiger partial charge in [0.25, 0.3) is 0 Å². The molecule has 0 saturated heterocycles. The Hall–Kier alpha value is -2.13. The average molecular weight is 296 g/mol. The number of hydrogen-bond donors (Lipinski definition) is 0. The van der Waals surface area contributed by atoms with E-state index < -0.39 is 0 Å². The first-order chi connectivity index (χ1) is 10.6. The number of carbonyl (C=O) groups excluding carboxylic acids is 1. The van der Waals surface area contributed by atoms with E-state index in [1.807, 2.05) is 61.3 Å². The number of carbonyl (C=O) groups is 1. The molecule has 0 aliphatic heterocycles. The molecule has 3 heteroatoms. The van der Waals surface area contributed by atoms with E-state index in [-0.39, 0.29) is 5.91 Å². The summed E-state index contributed by atoms with van der Waals surface area (Å²) < 4.78 is 0. The van der Waals surface area contributed by atoms with Gasteiger partial charge in [-0.1, -0.05) is 42.5 Å². The number of nitrogens with zero attached hydrogens (tertiary/aromatic N) is 2. The van der Waals surface area contributed by atoms with Crippen LogP contribution in [0.2, 0.25) is 0 Å². The Morgan fingerprint density at radius 3 is 2.27 bits per heavy atom. The minimum Gasteiger partial charge on any atom is -0.312 e. The summed E-state index contributed by atoms with van der Waals surface area (Å²) in [4.78, 5) is 16.4. The van der Waals surface area contributed by atoms with E-state index in [0.29, 0.717) is 13.1 Å². The number of aryl methyl sites for hydroxylation is 1. The van der Waals surface area contributed by atoms with Crippen molar-refractivity contribution in [2.45, 2.75) is 20.4 Å². The van der Waals surface area contributed by atoms with Crippen LogP contribution in [0.15, 0.2) is 54.6 Å². The lowest BCUT2D eigenvalue weighted by atomic mass is 10.1. The molecule has 0 aromatic heterocycles. The molecular formula is C19H24N2O. The van der Waals surface area contributed by atoms with Gasteiger partial charge in [0.1, 0.15) is 0 Å². The molecule has 0 atom stereocenters. The van der Waals surface area contributed by atoms with Crippen LogP contribution in [0, 0.1) is 6.92 Å². The summed E-state index contributed by atoms with van der Waals surface area (Å²) >= 11 is 0. The van der Waals surface area contributed by atoms with Gasteiger partial charge < -0.3 is 4.90 Å². The zero-order valence-corrected chi connectivity index (χ0v) is 13.6. The monoisotopic (exact) mass is 296 g/mol. The van der Waals surface area contributed by atoms with Gasteiger partial charge in [0, 0.05) is 18.8 Å². The van der Waals surface area contributed by atoms with E-state index in [2.05, 4.69) is 24.0 Å². The van der Waals surface area contributed by atoms with Crippen LogP contribution in [0.25, 0.3) is 0 Å². The molecule has 2 aromatic rings. The third-order valence-electron chi connectivity index (χ3n) is 3.79. The lowest BCUT2D eigenvalue weighted by Gasteiger charge is -2.24. The fraction of sp³-hybridized carbons (Fsp3) is 0.316. The van der Waals surface area contributed by atoms with Gasteiger partial charge >= 0.3 is 0 Å². The summed E-state index contributed by atoms with van der Waals surface area (Å²) in [6.07, 6.45) is 0. The fourth-order valence-electron chi connectivity index (χ4n) is 2.56. The average Bonchev–Trinajstić information content (AvgIpc) is 2.51. The molecule has 3 nitrogen and oxygen atoms in total. The maximum absolute atomic E-state index is 12.5. The van der Waals surface area contributed by atoms with Crippen LogP contribution in [0.5, 0.6) is 0 Å². The molecule has 0 heterocycles. The summed E-state index contributed by atoms with van der Waals surface area (Å²) in [5, 5.41) is 0. The van der Waals surface area contributed by atoms with Crippen molar-refractivity contribution in [3.05, 3.63) is 65.7 Å². The van der Waals surface area contributed by atoms with E-state index in [1.54, 1.807) is 0 Å². The van der Waals surface area contributed by atoms with Crippen LogP contribution in [-0.4, -0.2) is 30.9 Å². The lowest BCUT2D eigenvalue weighted by molar-refractivity contribution is -0.119. The topological polar surface area (TPSA) is 23.6 Å². The zero-order chi connectivity index (χ0) is 15.9. The lowest BCUT2D eigenvalue weighted by Crippen LogP contribution is -2.38. The SMILES string of the molecule is CCN(C(=O)CN(C)Cc1ccccc1C)c1ccccc1. The minimum absolute atomic E-state index is 0.129. The van der Waals surface area contributed by atoms with Crippen LogP contribution < -0.4 is 4.90 Å². The van der Waals surface area contributed by atoms with Crippen LogP contribution in [0.3, 0.4) is 0 Å². The molecule has 0 aliphatic carbocycles. The maximum atomic E-state index is 12.5. The van der Waals surface area contributed by atoms with Gasteiger partial charge in [-0.25, -0.2) is 0 Å². The highest BCUT2D eigenvalue weighted by Crippen LogP contribution is 2.14. The first kappa shape index (κ1) is 16.2. The second-order valence-corrected chi connectivity index (χ2v) is 5.57. The Kier molecular flexibility index (Phi) is 5.73. The van der Waals surface area contributed by atoms with Crippen LogP contribution in [-0.2, 0) is 11.3 Å². The van der Waals surface area contributed by atoms with E-state index in [4.69, 9.17) is 0 Å². The van der Waals surface area contributed by atoms with E-state index in [9.17, 15) is 4.79 Å². The summed E-state index contributed by atoms with van der Waals surface area (Å²) in [7, 11) is 1.99. The van der Waals surface area contributed by atoms with Gasteiger partial charge in [-0.05, 0) is 44.2 Å². The second kappa shape index (κ2) is 7.76. The Morgan fingerprint density at radius 2 is 1.64 bits per heavy atom. The van der Waals surface area contributed by atoms with Crippen molar-refractivity contribution in [1.82, 2.24) is 4.90 Å². The maximum Gasteiger partial charge on any atom is 0.241 e.